The average molecular weight is 406 g/mol. The van der Waals surface area contributed by atoms with Gasteiger partial charge in [-0.1, -0.05) is 34.8 Å². The van der Waals surface area contributed by atoms with Crippen LogP contribution in [0.2, 0.25) is 15.1 Å². The van der Waals surface area contributed by atoms with Crippen LogP contribution in [-0.2, 0) is 4.74 Å². The highest BCUT2D eigenvalue weighted by molar-refractivity contribution is 6.51. The van der Waals surface area contributed by atoms with Crippen molar-refractivity contribution in [1.29, 1.82) is 0 Å². The Kier molecular flexibility index (Phi) is 4.66. The lowest BCUT2D eigenvalue weighted by Crippen LogP contribution is -2.21. The molecule has 1 aliphatic rings. The van der Waals surface area contributed by atoms with Crippen molar-refractivity contribution >= 4 is 57.4 Å². The Labute approximate surface area is 156 Å². The van der Waals surface area contributed by atoms with Gasteiger partial charge in [-0.15, -0.1) is 0 Å². The monoisotopic (exact) mass is 404 g/mol. The van der Waals surface area contributed by atoms with Crippen molar-refractivity contribution in [3.05, 3.63) is 47.2 Å². The summed E-state index contributed by atoms with van der Waals surface area (Å²) in [5.41, 5.74) is -1.58. The maximum atomic E-state index is 12.8. The van der Waals surface area contributed by atoms with Crippen molar-refractivity contribution in [3.63, 3.8) is 0 Å². The number of carbonyl (C=O) groups is 1. The summed E-state index contributed by atoms with van der Waals surface area (Å²) < 4.78 is 6.39. The number of fused-ring (bicyclic) bond motifs is 1. The van der Waals surface area contributed by atoms with Gasteiger partial charge in [0.25, 0.3) is 0 Å². The number of halogens is 3. The smallest absolute Gasteiger partial charge is 0.343 e. The van der Waals surface area contributed by atoms with Crippen LogP contribution in [0.1, 0.15) is 36.2 Å². The molecule has 0 amide bonds. The fourth-order valence-corrected chi connectivity index (χ4v) is 3.41. The van der Waals surface area contributed by atoms with Gasteiger partial charge >= 0.3 is 11.7 Å². The normalized spacial score (nSPS) is 13.9. The first-order chi connectivity index (χ1) is 11.8. The second-order valence-electron chi connectivity index (χ2n) is 5.50. The molecule has 2 aromatic rings. The maximum absolute atomic E-state index is 12.8. The summed E-state index contributed by atoms with van der Waals surface area (Å²) in [6, 6.07) is -0.0942. The van der Waals surface area contributed by atoms with Crippen LogP contribution >= 0.6 is 34.8 Å². The summed E-state index contributed by atoms with van der Waals surface area (Å²) >= 11 is 18.2. The quantitative estimate of drug-likeness (QED) is 0.326. The molecule has 132 valence electrons. The highest BCUT2D eigenvalue weighted by atomic mass is 35.5. The van der Waals surface area contributed by atoms with Gasteiger partial charge in [0.2, 0.25) is 5.43 Å². The SMILES string of the molecule is CCOC(=O)c1cn(C2CC2)c2c([N+](=O)[O-])c(Cl)c(Cl)c(Cl)c2c1=O. The van der Waals surface area contributed by atoms with Gasteiger partial charge in [0.05, 0.1) is 27.0 Å². The molecule has 0 N–H and O–H groups in total. The first-order valence-corrected chi connectivity index (χ1v) is 8.49. The Morgan fingerprint density at radius 1 is 1.32 bits per heavy atom. The van der Waals surface area contributed by atoms with E-state index < -0.39 is 22.0 Å². The van der Waals surface area contributed by atoms with Crippen LogP contribution in [0.25, 0.3) is 10.9 Å². The topological polar surface area (TPSA) is 91.4 Å². The second-order valence-corrected chi connectivity index (χ2v) is 6.64. The Bertz CT molecular complexity index is 982. The number of benzene rings is 1. The molecule has 0 saturated heterocycles. The Morgan fingerprint density at radius 3 is 2.48 bits per heavy atom. The number of hydrogen-bond donors (Lipinski definition) is 0. The van der Waals surface area contributed by atoms with Crippen LogP contribution in [0.4, 0.5) is 5.69 Å². The van der Waals surface area contributed by atoms with E-state index >= 15 is 0 Å². The third-order valence-corrected chi connectivity index (χ3v) is 5.21. The van der Waals surface area contributed by atoms with E-state index in [9.17, 15) is 19.7 Å². The summed E-state index contributed by atoms with van der Waals surface area (Å²) in [7, 11) is 0. The van der Waals surface area contributed by atoms with E-state index in [1.165, 1.54) is 10.8 Å². The zero-order valence-electron chi connectivity index (χ0n) is 12.8. The van der Waals surface area contributed by atoms with Crippen LogP contribution in [0.15, 0.2) is 11.0 Å². The van der Waals surface area contributed by atoms with E-state index in [0.29, 0.717) is 0 Å². The van der Waals surface area contributed by atoms with Gasteiger partial charge in [0.1, 0.15) is 16.1 Å². The van der Waals surface area contributed by atoms with E-state index in [-0.39, 0.29) is 44.2 Å². The first-order valence-electron chi connectivity index (χ1n) is 7.36. The number of carbonyl (C=O) groups excluding carboxylic acids is 1. The van der Waals surface area contributed by atoms with Crippen molar-refractivity contribution < 1.29 is 14.5 Å². The standard InChI is InChI=1S/C15H11Cl3N2O5/c1-2-25-15(22)7-5-19(6-3-4-6)12-8(14(7)21)9(16)10(17)11(18)13(12)20(23)24/h5-6H,2-4H2,1H3. The first kappa shape index (κ1) is 18.0. The van der Waals surface area contributed by atoms with Crippen molar-refractivity contribution in [2.45, 2.75) is 25.8 Å². The molecule has 0 aliphatic heterocycles. The Morgan fingerprint density at radius 2 is 1.96 bits per heavy atom. The van der Waals surface area contributed by atoms with Gasteiger partial charge in [0, 0.05) is 12.2 Å². The molecule has 0 spiro atoms. The molecule has 25 heavy (non-hydrogen) atoms. The van der Waals surface area contributed by atoms with Crippen LogP contribution in [0, 0.1) is 10.1 Å². The number of nitro benzene ring substituents is 1. The van der Waals surface area contributed by atoms with Crippen LogP contribution < -0.4 is 5.43 Å². The number of rotatable bonds is 4. The molecule has 0 unspecified atom stereocenters. The van der Waals surface area contributed by atoms with Gasteiger partial charge in [-0.2, -0.15) is 0 Å². The van der Waals surface area contributed by atoms with Crippen molar-refractivity contribution in [3.8, 4) is 0 Å². The minimum Gasteiger partial charge on any atom is -0.462 e. The van der Waals surface area contributed by atoms with Gasteiger partial charge < -0.3 is 9.30 Å². The predicted molar refractivity (Wildman–Crippen MR) is 94.1 cm³/mol. The van der Waals surface area contributed by atoms with Crippen LogP contribution in [0.5, 0.6) is 0 Å². The number of nitro groups is 1. The molecule has 3 rings (SSSR count). The van der Waals surface area contributed by atoms with E-state index in [0.717, 1.165) is 12.8 Å². The Hall–Kier alpha value is -1.83. The number of hydrogen-bond acceptors (Lipinski definition) is 5. The van der Waals surface area contributed by atoms with Gasteiger partial charge in [-0.3, -0.25) is 14.9 Å². The summed E-state index contributed by atoms with van der Waals surface area (Å²) in [5, 5.41) is 10.5. The third kappa shape index (κ3) is 2.86. The predicted octanol–water partition coefficient (Wildman–Crippen LogP) is 4.38. The van der Waals surface area contributed by atoms with E-state index in [2.05, 4.69) is 0 Å². The van der Waals surface area contributed by atoms with Crippen molar-refractivity contribution in [2.75, 3.05) is 6.61 Å². The Balaban J connectivity index is 2.53. The van der Waals surface area contributed by atoms with Crippen molar-refractivity contribution in [2.24, 2.45) is 0 Å². The number of ether oxygens (including phenoxy) is 1. The minimum atomic E-state index is -0.825. The molecule has 1 saturated carbocycles. The number of pyridine rings is 1. The van der Waals surface area contributed by atoms with Gasteiger partial charge in [-0.05, 0) is 19.8 Å². The zero-order valence-corrected chi connectivity index (χ0v) is 15.1. The van der Waals surface area contributed by atoms with Crippen molar-refractivity contribution in [1.82, 2.24) is 4.57 Å². The lowest BCUT2D eigenvalue weighted by atomic mass is 10.1. The maximum Gasteiger partial charge on any atom is 0.343 e. The highest BCUT2D eigenvalue weighted by Crippen LogP contribution is 2.46. The minimum absolute atomic E-state index is 0.0371. The second kappa shape index (κ2) is 6.48. The molecule has 1 heterocycles. The number of aromatic nitrogens is 1. The third-order valence-electron chi connectivity index (χ3n) is 3.89. The molecule has 0 radical (unpaired) electrons. The molecule has 1 aromatic heterocycles. The highest BCUT2D eigenvalue weighted by Gasteiger charge is 2.34. The molecule has 1 aliphatic carbocycles. The molecular weight excluding hydrogens is 395 g/mol. The van der Waals surface area contributed by atoms with E-state index in [1.54, 1.807) is 6.92 Å². The van der Waals surface area contributed by atoms with Crippen LogP contribution in [-0.4, -0.2) is 22.1 Å². The largest absolute Gasteiger partial charge is 0.462 e. The lowest BCUT2D eigenvalue weighted by molar-refractivity contribution is -0.383. The van der Waals surface area contributed by atoms with Crippen LogP contribution in [0.3, 0.4) is 0 Å². The fourth-order valence-electron chi connectivity index (χ4n) is 2.65. The average Bonchev–Trinajstić information content (AvgIpc) is 3.37. The number of esters is 1. The molecular formula is C15H11Cl3N2O5. The molecule has 7 nitrogen and oxygen atoms in total. The summed E-state index contributed by atoms with van der Waals surface area (Å²) in [5.74, 6) is -0.825. The molecule has 10 heteroatoms. The molecule has 1 aromatic carbocycles. The van der Waals surface area contributed by atoms with Gasteiger partial charge in [-0.25, -0.2) is 4.79 Å². The molecule has 1 fully saturated rings. The lowest BCUT2D eigenvalue weighted by Gasteiger charge is -2.15. The molecule has 0 atom stereocenters. The van der Waals surface area contributed by atoms with E-state index in [1.807, 2.05) is 0 Å². The van der Waals surface area contributed by atoms with E-state index in [4.69, 9.17) is 39.5 Å². The fraction of sp³-hybridized carbons (Fsp3) is 0.333. The zero-order chi connectivity index (χ0) is 18.5. The summed E-state index contributed by atoms with van der Waals surface area (Å²) in [6.45, 7) is 1.68. The molecule has 0 bridgehead atoms. The summed E-state index contributed by atoms with van der Waals surface area (Å²) in [4.78, 5) is 35.7. The van der Waals surface area contributed by atoms with Gasteiger partial charge in [0.15, 0.2) is 0 Å². The number of nitrogens with zero attached hydrogens (tertiary/aromatic N) is 2. The summed E-state index contributed by atoms with van der Waals surface area (Å²) in [6.07, 6.45) is 2.76.